The SMILES string of the molecule is CCNc1ncc(C(=O)Nc2nc(C)ns2)cc1Cl. The third-order valence-corrected chi connectivity index (χ3v) is 3.21. The standard InChI is InChI=1S/C11H12ClN5OS/c1-3-13-9-8(12)4-7(5-14-9)10(18)16-11-15-6(2)17-19-11/h4-5H,3H2,1-2H3,(H,13,14)(H,15,16,17,18). The molecule has 2 rings (SSSR count). The quantitative estimate of drug-likeness (QED) is 0.906. The molecule has 0 radical (unpaired) electrons. The summed E-state index contributed by atoms with van der Waals surface area (Å²) in [6, 6.07) is 1.57. The van der Waals surface area contributed by atoms with E-state index in [-0.39, 0.29) is 5.91 Å². The van der Waals surface area contributed by atoms with Crippen molar-refractivity contribution in [2.75, 3.05) is 17.2 Å². The van der Waals surface area contributed by atoms with Crippen LogP contribution in [0.25, 0.3) is 0 Å². The second-order valence-electron chi connectivity index (χ2n) is 3.69. The Morgan fingerprint density at radius 3 is 2.89 bits per heavy atom. The van der Waals surface area contributed by atoms with Crippen molar-refractivity contribution in [3.63, 3.8) is 0 Å². The molecule has 2 heterocycles. The number of pyridine rings is 1. The Morgan fingerprint density at radius 1 is 1.53 bits per heavy atom. The maximum Gasteiger partial charge on any atom is 0.259 e. The fourth-order valence-electron chi connectivity index (χ4n) is 1.38. The van der Waals surface area contributed by atoms with Crippen LogP contribution in [0.3, 0.4) is 0 Å². The molecule has 1 amide bonds. The molecule has 0 atom stereocenters. The van der Waals surface area contributed by atoms with Crippen molar-refractivity contribution in [2.45, 2.75) is 13.8 Å². The maximum atomic E-state index is 12.0. The second kappa shape index (κ2) is 5.94. The molecule has 8 heteroatoms. The Balaban J connectivity index is 2.13. The summed E-state index contributed by atoms with van der Waals surface area (Å²) in [7, 11) is 0. The summed E-state index contributed by atoms with van der Waals surface area (Å²) in [5.41, 5.74) is 0.375. The fourth-order valence-corrected chi connectivity index (χ4v) is 2.18. The number of aryl methyl sites for hydroxylation is 1. The monoisotopic (exact) mass is 297 g/mol. The number of carbonyl (C=O) groups excluding carboxylic acids is 1. The number of nitrogens with zero attached hydrogens (tertiary/aromatic N) is 3. The van der Waals surface area contributed by atoms with Gasteiger partial charge in [0.1, 0.15) is 11.6 Å². The lowest BCUT2D eigenvalue weighted by molar-refractivity contribution is 0.102. The van der Waals surface area contributed by atoms with Crippen LogP contribution in [0.15, 0.2) is 12.3 Å². The van der Waals surface area contributed by atoms with E-state index >= 15 is 0 Å². The zero-order valence-corrected chi connectivity index (χ0v) is 12.0. The smallest absolute Gasteiger partial charge is 0.259 e. The van der Waals surface area contributed by atoms with Gasteiger partial charge in [-0.15, -0.1) is 0 Å². The van der Waals surface area contributed by atoms with Crippen LogP contribution in [0.2, 0.25) is 5.02 Å². The highest BCUT2D eigenvalue weighted by molar-refractivity contribution is 7.09. The molecule has 0 aliphatic heterocycles. The minimum atomic E-state index is -0.311. The highest BCUT2D eigenvalue weighted by Gasteiger charge is 2.11. The molecule has 19 heavy (non-hydrogen) atoms. The third-order valence-electron chi connectivity index (χ3n) is 2.20. The molecule has 2 N–H and O–H groups in total. The Hall–Kier alpha value is -1.73. The van der Waals surface area contributed by atoms with E-state index in [1.807, 2.05) is 6.92 Å². The van der Waals surface area contributed by atoms with Gasteiger partial charge in [0.05, 0.1) is 10.6 Å². The van der Waals surface area contributed by atoms with Crippen molar-refractivity contribution >= 4 is 40.0 Å². The van der Waals surface area contributed by atoms with Crippen molar-refractivity contribution in [1.82, 2.24) is 14.3 Å². The van der Waals surface area contributed by atoms with Crippen molar-refractivity contribution in [3.8, 4) is 0 Å². The van der Waals surface area contributed by atoms with Crippen LogP contribution in [-0.2, 0) is 0 Å². The van der Waals surface area contributed by atoms with Crippen LogP contribution < -0.4 is 10.6 Å². The number of aromatic nitrogens is 3. The second-order valence-corrected chi connectivity index (χ2v) is 4.84. The molecule has 2 aromatic heterocycles. The van der Waals surface area contributed by atoms with Gasteiger partial charge < -0.3 is 5.32 Å². The van der Waals surface area contributed by atoms with Gasteiger partial charge in [-0.25, -0.2) is 9.97 Å². The van der Waals surface area contributed by atoms with Gasteiger partial charge in [-0.1, -0.05) is 11.6 Å². The van der Waals surface area contributed by atoms with Crippen LogP contribution in [-0.4, -0.2) is 26.8 Å². The predicted octanol–water partition coefficient (Wildman–Crippen LogP) is 2.58. The van der Waals surface area contributed by atoms with Crippen molar-refractivity contribution < 1.29 is 4.79 Å². The lowest BCUT2D eigenvalue weighted by Gasteiger charge is -2.06. The molecule has 100 valence electrons. The Morgan fingerprint density at radius 2 is 2.32 bits per heavy atom. The van der Waals surface area contributed by atoms with E-state index in [0.29, 0.717) is 33.9 Å². The van der Waals surface area contributed by atoms with Gasteiger partial charge in [-0.05, 0) is 19.9 Å². The molecule has 0 fully saturated rings. The zero-order valence-electron chi connectivity index (χ0n) is 10.4. The van der Waals surface area contributed by atoms with E-state index in [2.05, 4.69) is 25.0 Å². The van der Waals surface area contributed by atoms with Gasteiger partial charge >= 0.3 is 0 Å². The highest BCUT2D eigenvalue weighted by Crippen LogP contribution is 2.20. The van der Waals surface area contributed by atoms with Gasteiger partial charge in [0.25, 0.3) is 5.91 Å². The van der Waals surface area contributed by atoms with Gasteiger partial charge in [0.15, 0.2) is 0 Å². The molecule has 0 unspecified atom stereocenters. The number of anilines is 2. The van der Waals surface area contributed by atoms with E-state index in [1.54, 1.807) is 13.0 Å². The van der Waals surface area contributed by atoms with Gasteiger partial charge in [-0.3, -0.25) is 10.1 Å². The average Bonchev–Trinajstić information content (AvgIpc) is 2.77. The minimum absolute atomic E-state index is 0.311. The first-order valence-electron chi connectivity index (χ1n) is 5.61. The summed E-state index contributed by atoms with van der Waals surface area (Å²) >= 11 is 7.16. The van der Waals surface area contributed by atoms with Crippen molar-refractivity contribution in [3.05, 3.63) is 28.7 Å². The van der Waals surface area contributed by atoms with Crippen molar-refractivity contribution in [2.24, 2.45) is 0 Å². The number of hydrogen-bond donors (Lipinski definition) is 2. The lowest BCUT2D eigenvalue weighted by Crippen LogP contribution is -2.12. The lowest BCUT2D eigenvalue weighted by atomic mass is 10.2. The minimum Gasteiger partial charge on any atom is -0.369 e. The highest BCUT2D eigenvalue weighted by atomic mass is 35.5. The summed E-state index contributed by atoms with van der Waals surface area (Å²) in [6.45, 7) is 4.41. The van der Waals surface area contributed by atoms with E-state index in [9.17, 15) is 4.79 Å². The number of amides is 1. The Labute approximate surface area is 119 Å². The van der Waals surface area contributed by atoms with Gasteiger partial charge in [0.2, 0.25) is 5.13 Å². The van der Waals surface area contributed by atoms with E-state index in [4.69, 9.17) is 11.6 Å². The van der Waals surface area contributed by atoms with Crippen LogP contribution >= 0.6 is 23.1 Å². The summed E-state index contributed by atoms with van der Waals surface area (Å²) < 4.78 is 3.98. The number of nitrogens with one attached hydrogen (secondary N) is 2. The zero-order chi connectivity index (χ0) is 13.8. The first-order valence-corrected chi connectivity index (χ1v) is 6.76. The molecular formula is C11H12ClN5OS. The number of rotatable bonds is 4. The molecule has 0 aromatic carbocycles. The molecule has 2 aromatic rings. The first kappa shape index (κ1) is 13.7. The molecular weight excluding hydrogens is 286 g/mol. The third kappa shape index (κ3) is 3.39. The van der Waals surface area contributed by atoms with E-state index < -0.39 is 0 Å². The summed E-state index contributed by atoms with van der Waals surface area (Å²) in [5.74, 6) is 0.875. The van der Waals surface area contributed by atoms with E-state index in [1.165, 1.54) is 6.20 Å². The van der Waals surface area contributed by atoms with Crippen LogP contribution in [0, 0.1) is 6.92 Å². The number of hydrogen-bond acceptors (Lipinski definition) is 6. The topological polar surface area (TPSA) is 79.8 Å². The summed E-state index contributed by atoms with van der Waals surface area (Å²) in [6.07, 6.45) is 1.47. The normalized spacial score (nSPS) is 10.3. The van der Waals surface area contributed by atoms with E-state index in [0.717, 1.165) is 11.5 Å². The largest absolute Gasteiger partial charge is 0.369 e. The molecule has 0 spiro atoms. The van der Waals surface area contributed by atoms with Crippen molar-refractivity contribution in [1.29, 1.82) is 0 Å². The molecule has 0 bridgehead atoms. The number of carbonyl (C=O) groups is 1. The van der Waals surface area contributed by atoms with Gasteiger partial charge in [-0.2, -0.15) is 4.37 Å². The van der Waals surface area contributed by atoms with Crippen LogP contribution in [0.4, 0.5) is 10.9 Å². The number of halogens is 1. The Kier molecular flexibility index (Phi) is 4.28. The summed E-state index contributed by atoms with van der Waals surface area (Å²) in [4.78, 5) is 20.1. The molecule has 0 aliphatic rings. The Bertz CT molecular complexity index is 601. The molecule has 0 saturated heterocycles. The van der Waals surface area contributed by atoms with Crippen LogP contribution in [0.1, 0.15) is 23.1 Å². The summed E-state index contributed by atoms with van der Waals surface area (Å²) in [5, 5.41) is 6.50. The predicted molar refractivity (Wildman–Crippen MR) is 76.0 cm³/mol. The fraction of sp³-hybridized carbons (Fsp3) is 0.273. The van der Waals surface area contributed by atoms with Crippen LogP contribution in [0.5, 0.6) is 0 Å². The maximum absolute atomic E-state index is 12.0. The molecule has 0 aliphatic carbocycles. The first-order chi connectivity index (χ1) is 9.10. The van der Waals surface area contributed by atoms with Gasteiger partial charge in [0, 0.05) is 24.3 Å². The average molecular weight is 298 g/mol. The molecule has 6 nitrogen and oxygen atoms in total. The molecule has 0 saturated carbocycles.